The Hall–Kier alpha value is 0.780. The monoisotopic (exact) mass is 419 g/mol. The van der Waals surface area contributed by atoms with Crippen LogP contribution in [0, 0.1) is 4.78 Å². The summed E-state index contributed by atoms with van der Waals surface area (Å²) in [5.41, 5.74) is 0. The maximum Gasteiger partial charge on any atom is 1.00 e. The Labute approximate surface area is 183 Å². The molecular weight excluding hydrogens is 385 g/mol. The molecule has 10 heteroatoms. The first-order valence-corrected chi connectivity index (χ1v) is 12.5. The summed E-state index contributed by atoms with van der Waals surface area (Å²) in [5, 5.41) is 4.95. The minimum Gasteiger partial charge on any atom is -1.00 e. The van der Waals surface area contributed by atoms with E-state index in [0.717, 1.165) is 77.0 Å². The molecule has 1 atom stereocenters. The first kappa shape index (κ1) is 24.8. The molecule has 0 aromatic carbocycles. The van der Waals surface area contributed by atoms with Gasteiger partial charge in [0.25, 0.3) is 0 Å². The van der Waals surface area contributed by atoms with Crippen LogP contribution < -0.4 is 34.7 Å². The summed E-state index contributed by atoms with van der Waals surface area (Å²) < 4.78 is 50.2. The molecule has 3 N–H and O–H groups in total. The molecule has 2 fully saturated rings. The SMILES string of the molecule is N=S(=O)(OS(N)(=O)=O)N(C1CCCCCCC1)C1CCCCCCC1.[H-].[Na+]. The Morgan fingerprint density at radius 3 is 1.38 bits per heavy atom. The molecule has 2 saturated carbocycles. The summed E-state index contributed by atoms with van der Waals surface area (Å²) in [4.78, 5) is 0. The molecule has 26 heavy (non-hydrogen) atoms. The zero-order valence-corrected chi connectivity index (χ0v) is 19.7. The quantitative estimate of drug-likeness (QED) is 0.639. The van der Waals surface area contributed by atoms with Crippen molar-refractivity contribution in [2.24, 2.45) is 5.14 Å². The van der Waals surface area contributed by atoms with Crippen molar-refractivity contribution in [2.45, 2.75) is 102 Å². The molecule has 7 nitrogen and oxygen atoms in total. The van der Waals surface area contributed by atoms with Gasteiger partial charge in [0.2, 0.25) is 10.2 Å². The first-order chi connectivity index (χ1) is 11.8. The minimum absolute atomic E-state index is 0. The fraction of sp³-hybridized carbons (Fsp3) is 1.00. The molecule has 2 rings (SSSR count). The maximum atomic E-state index is 13.0. The van der Waals surface area contributed by atoms with Crippen LogP contribution in [0.2, 0.25) is 0 Å². The van der Waals surface area contributed by atoms with Crippen molar-refractivity contribution >= 4 is 20.5 Å². The maximum absolute atomic E-state index is 13.0. The fourth-order valence-corrected chi connectivity index (χ4v) is 6.75. The number of nitrogens with zero attached hydrogens (tertiary/aromatic N) is 1. The standard InChI is InChI=1S/C16H33N3O4S2.Na.H/c17-24(20,23-25(18,21)22)19(15-11-7-3-1-4-8-12-15)16-13-9-5-2-6-10-14-16;;/h15-17H,1-14H2,(H2,18,21,22);;/q;+1;-1. The van der Waals surface area contributed by atoms with Gasteiger partial charge in [0.15, 0.2) is 0 Å². The Morgan fingerprint density at radius 2 is 1.08 bits per heavy atom. The molecule has 0 radical (unpaired) electrons. The van der Waals surface area contributed by atoms with Crippen LogP contribution >= 0.6 is 0 Å². The fourth-order valence-electron chi connectivity index (χ4n) is 4.23. The van der Waals surface area contributed by atoms with Gasteiger partial charge in [-0.2, -0.15) is 12.7 Å². The Kier molecular flexibility index (Phi) is 11.2. The molecule has 0 aromatic heterocycles. The second-order valence-corrected chi connectivity index (χ2v) is 10.3. The number of rotatable bonds is 5. The number of nitrogens with one attached hydrogen (secondary N) is 1. The zero-order chi connectivity index (χ0) is 18.3. The summed E-state index contributed by atoms with van der Waals surface area (Å²) in [6.07, 6.45) is 14.3. The number of hydrogen-bond acceptors (Lipinski definition) is 5. The smallest absolute Gasteiger partial charge is 1.00 e. The van der Waals surface area contributed by atoms with Gasteiger partial charge < -0.3 is 1.43 Å². The van der Waals surface area contributed by atoms with E-state index < -0.39 is 20.5 Å². The van der Waals surface area contributed by atoms with Gasteiger partial charge in [-0.1, -0.05) is 64.2 Å². The van der Waals surface area contributed by atoms with Gasteiger partial charge in [-0.25, -0.2) is 14.1 Å². The van der Waals surface area contributed by atoms with E-state index in [0.29, 0.717) is 0 Å². The summed E-state index contributed by atoms with van der Waals surface area (Å²) in [7, 11) is -8.36. The summed E-state index contributed by atoms with van der Waals surface area (Å²) >= 11 is 0. The van der Waals surface area contributed by atoms with Gasteiger partial charge in [0, 0.05) is 12.1 Å². The number of hydrogen-bond donors (Lipinski definition) is 2. The zero-order valence-electron chi connectivity index (χ0n) is 17.0. The van der Waals surface area contributed by atoms with Gasteiger partial charge in [0.05, 0.1) is 0 Å². The molecule has 0 aliphatic heterocycles. The van der Waals surface area contributed by atoms with E-state index in [9.17, 15) is 12.6 Å². The summed E-state index contributed by atoms with van der Waals surface area (Å²) in [6.45, 7) is 0. The summed E-state index contributed by atoms with van der Waals surface area (Å²) in [6, 6.07) is -0.145. The average molecular weight is 420 g/mol. The van der Waals surface area contributed by atoms with Crippen LogP contribution in [0.4, 0.5) is 0 Å². The molecule has 0 heterocycles. The normalized spacial score (nSPS) is 24.5. The van der Waals surface area contributed by atoms with Gasteiger partial charge in [-0.3, -0.25) is 0 Å². The molecule has 150 valence electrons. The van der Waals surface area contributed by atoms with Crippen LogP contribution in [-0.4, -0.2) is 29.0 Å². The third-order valence-corrected chi connectivity index (χ3v) is 7.98. The Morgan fingerprint density at radius 1 is 0.769 bits per heavy atom. The van der Waals surface area contributed by atoms with E-state index in [-0.39, 0.29) is 43.1 Å². The number of nitrogens with two attached hydrogens (primary N) is 1. The van der Waals surface area contributed by atoms with Crippen LogP contribution in [0.5, 0.6) is 0 Å². The molecule has 0 saturated heterocycles. The van der Waals surface area contributed by atoms with E-state index in [4.69, 9.17) is 9.92 Å². The van der Waals surface area contributed by atoms with Crippen LogP contribution in [0.25, 0.3) is 0 Å². The molecule has 0 spiro atoms. The van der Waals surface area contributed by atoms with E-state index in [1.807, 2.05) is 0 Å². The Balaban J connectivity index is 0.00000338. The largest absolute Gasteiger partial charge is 1.00 e. The van der Waals surface area contributed by atoms with Crippen molar-refractivity contribution in [2.75, 3.05) is 0 Å². The third kappa shape index (κ3) is 8.43. The molecule has 2 aliphatic rings. The van der Waals surface area contributed by atoms with Crippen LogP contribution in [0.15, 0.2) is 0 Å². The van der Waals surface area contributed by atoms with Crippen LogP contribution in [0.1, 0.15) is 91.3 Å². The predicted molar refractivity (Wildman–Crippen MR) is 100 cm³/mol. The second-order valence-electron chi connectivity index (χ2n) is 7.39. The van der Waals surface area contributed by atoms with Gasteiger partial charge in [-0.05, 0) is 25.7 Å². The first-order valence-electron chi connectivity index (χ1n) is 9.61. The van der Waals surface area contributed by atoms with Crippen molar-refractivity contribution in [1.82, 2.24) is 4.31 Å². The van der Waals surface area contributed by atoms with Gasteiger partial charge in [0.1, 0.15) is 0 Å². The van der Waals surface area contributed by atoms with E-state index in [1.54, 1.807) is 4.31 Å². The Bertz CT molecular complexity index is 581. The van der Waals surface area contributed by atoms with E-state index in [1.165, 1.54) is 12.8 Å². The van der Waals surface area contributed by atoms with Gasteiger partial charge >= 0.3 is 39.9 Å². The van der Waals surface area contributed by atoms with Crippen LogP contribution in [0.3, 0.4) is 0 Å². The molecule has 1 unspecified atom stereocenters. The summed E-state index contributed by atoms with van der Waals surface area (Å²) in [5.74, 6) is 0. The molecule has 0 amide bonds. The molecule has 2 aliphatic carbocycles. The average Bonchev–Trinajstić information content (AvgIpc) is 2.40. The van der Waals surface area contributed by atoms with Crippen molar-refractivity contribution in [3.63, 3.8) is 0 Å². The van der Waals surface area contributed by atoms with Crippen molar-refractivity contribution in [3.8, 4) is 0 Å². The molecule has 0 aromatic rings. The van der Waals surface area contributed by atoms with Crippen molar-refractivity contribution in [1.29, 1.82) is 4.78 Å². The third-order valence-electron chi connectivity index (χ3n) is 5.33. The second kappa shape index (κ2) is 11.7. The molecule has 0 bridgehead atoms. The molecular formula is C16H34N3NaO4S2. The van der Waals surface area contributed by atoms with Gasteiger partial charge in [-0.15, -0.1) is 3.63 Å². The van der Waals surface area contributed by atoms with Crippen molar-refractivity contribution in [3.05, 3.63) is 0 Å². The van der Waals surface area contributed by atoms with Crippen LogP contribution in [-0.2, 0) is 24.1 Å². The predicted octanol–water partition coefficient (Wildman–Crippen LogP) is 0.728. The van der Waals surface area contributed by atoms with E-state index in [2.05, 4.69) is 3.63 Å². The van der Waals surface area contributed by atoms with E-state index >= 15 is 0 Å². The minimum atomic E-state index is -4.44. The van der Waals surface area contributed by atoms with Crippen molar-refractivity contribution < 1.29 is 47.2 Å². The topological polar surface area (TPSA) is 114 Å².